The molecule has 1 aromatic heterocycles. The van der Waals surface area contributed by atoms with Crippen molar-refractivity contribution in [2.24, 2.45) is 0 Å². The molecule has 1 aliphatic rings. The predicted molar refractivity (Wildman–Crippen MR) is 106 cm³/mol. The summed E-state index contributed by atoms with van der Waals surface area (Å²) >= 11 is 6.13. The molecule has 0 radical (unpaired) electrons. The van der Waals surface area contributed by atoms with E-state index in [9.17, 15) is 18.0 Å². The van der Waals surface area contributed by atoms with Gasteiger partial charge in [0, 0.05) is 19.3 Å². The van der Waals surface area contributed by atoms with E-state index in [4.69, 9.17) is 21.1 Å². The van der Waals surface area contributed by atoms with Crippen LogP contribution in [0.25, 0.3) is 0 Å². The summed E-state index contributed by atoms with van der Waals surface area (Å²) in [6.07, 6.45) is 1.05. The van der Waals surface area contributed by atoms with Crippen LogP contribution in [0.2, 0.25) is 5.02 Å². The molecular formula is C19H21ClN2O6S. The van der Waals surface area contributed by atoms with Gasteiger partial charge in [-0.1, -0.05) is 11.6 Å². The van der Waals surface area contributed by atoms with Crippen LogP contribution < -0.4 is 0 Å². The quantitative estimate of drug-likeness (QED) is 0.546. The van der Waals surface area contributed by atoms with Crippen molar-refractivity contribution in [3.8, 4) is 0 Å². The van der Waals surface area contributed by atoms with E-state index in [1.165, 1.54) is 22.5 Å². The first-order chi connectivity index (χ1) is 13.7. The Labute approximate surface area is 173 Å². The highest BCUT2D eigenvalue weighted by molar-refractivity contribution is 7.89. The van der Waals surface area contributed by atoms with Gasteiger partial charge in [-0.05, 0) is 44.2 Å². The molecule has 1 N–H and O–H groups in total. The lowest BCUT2D eigenvalue weighted by atomic mass is 10.2. The minimum absolute atomic E-state index is 0.00388. The fraction of sp³-hybridized carbons (Fsp3) is 0.368. The number of rotatable bonds is 6. The standard InChI is InChI=1S/C19H21ClN2O6S/c1-12-9-22(10-13(2)28-12)29(25,26)18-8-14(5-6-15(18)20)19(24)27-11-17(23)16-4-3-7-21-16/h3-8,12-13,21H,9-11H2,1-2H3. The second-order valence-corrected chi connectivity index (χ2v) is 9.12. The predicted octanol–water partition coefficient (Wildman–Crippen LogP) is 2.51. The molecule has 1 fully saturated rings. The molecular weight excluding hydrogens is 420 g/mol. The molecule has 0 aliphatic carbocycles. The van der Waals surface area contributed by atoms with Crippen LogP contribution in [0.4, 0.5) is 0 Å². The van der Waals surface area contributed by atoms with Crippen LogP contribution in [0.3, 0.4) is 0 Å². The van der Waals surface area contributed by atoms with Gasteiger partial charge in [-0.25, -0.2) is 13.2 Å². The molecule has 2 heterocycles. The van der Waals surface area contributed by atoms with Gasteiger partial charge in [0.25, 0.3) is 0 Å². The zero-order chi connectivity index (χ0) is 21.2. The van der Waals surface area contributed by atoms with Gasteiger partial charge >= 0.3 is 5.97 Å². The van der Waals surface area contributed by atoms with Crippen molar-refractivity contribution in [3.05, 3.63) is 52.8 Å². The first kappa shape index (κ1) is 21.5. The van der Waals surface area contributed by atoms with Crippen molar-refractivity contribution in [3.63, 3.8) is 0 Å². The smallest absolute Gasteiger partial charge is 0.338 e. The molecule has 156 valence electrons. The number of ether oxygens (including phenoxy) is 2. The summed E-state index contributed by atoms with van der Waals surface area (Å²) in [5, 5.41) is -0.00388. The number of H-pyrrole nitrogens is 1. The maximum atomic E-state index is 13.1. The number of Topliss-reactive ketones (excluding diaryl/α,β-unsaturated/α-hetero) is 1. The molecule has 1 aromatic carbocycles. The summed E-state index contributed by atoms with van der Waals surface area (Å²) in [6, 6.07) is 7.06. The number of hydrogen-bond acceptors (Lipinski definition) is 6. The molecule has 1 saturated heterocycles. The molecule has 2 atom stereocenters. The van der Waals surface area contributed by atoms with E-state index in [1.54, 1.807) is 32.2 Å². The molecule has 2 aromatic rings. The third-order valence-electron chi connectivity index (χ3n) is 4.40. The molecule has 0 spiro atoms. The SMILES string of the molecule is CC1CN(S(=O)(=O)c2cc(C(=O)OCC(=O)c3ccc[nH]3)ccc2Cl)CC(C)O1. The number of aromatic amines is 1. The molecule has 2 unspecified atom stereocenters. The van der Waals surface area contributed by atoms with E-state index in [-0.39, 0.29) is 40.8 Å². The fourth-order valence-corrected chi connectivity index (χ4v) is 5.18. The van der Waals surface area contributed by atoms with Gasteiger partial charge in [0.1, 0.15) is 4.90 Å². The third-order valence-corrected chi connectivity index (χ3v) is 6.72. The molecule has 8 nitrogen and oxygen atoms in total. The molecule has 1 aliphatic heterocycles. The van der Waals surface area contributed by atoms with Crippen LogP contribution in [0.1, 0.15) is 34.7 Å². The number of sulfonamides is 1. The zero-order valence-corrected chi connectivity index (χ0v) is 17.5. The van der Waals surface area contributed by atoms with Crippen molar-refractivity contribution in [1.82, 2.24) is 9.29 Å². The number of morpholine rings is 1. The lowest BCUT2D eigenvalue weighted by molar-refractivity contribution is -0.0440. The zero-order valence-electron chi connectivity index (χ0n) is 15.9. The van der Waals surface area contributed by atoms with Gasteiger partial charge in [0.15, 0.2) is 6.61 Å². The van der Waals surface area contributed by atoms with E-state index < -0.39 is 28.4 Å². The monoisotopic (exact) mass is 440 g/mol. The Morgan fingerprint density at radius 2 is 1.93 bits per heavy atom. The Kier molecular flexibility index (Phi) is 6.42. The highest BCUT2D eigenvalue weighted by Crippen LogP contribution is 2.28. The van der Waals surface area contributed by atoms with E-state index in [0.717, 1.165) is 0 Å². The highest BCUT2D eigenvalue weighted by atomic mass is 35.5. The van der Waals surface area contributed by atoms with Crippen LogP contribution in [0.5, 0.6) is 0 Å². The summed E-state index contributed by atoms with van der Waals surface area (Å²) in [4.78, 5) is 26.8. The molecule has 29 heavy (non-hydrogen) atoms. The van der Waals surface area contributed by atoms with E-state index in [0.29, 0.717) is 5.69 Å². The number of aromatic nitrogens is 1. The normalized spacial score (nSPS) is 20.4. The van der Waals surface area contributed by atoms with Gasteiger partial charge in [-0.3, -0.25) is 4.79 Å². The number of ketones is 1. The van der Waals surface area contributed by atoms with E-state index in [2.05, 4.69) is 4.98 Å². The maximum Gasteiger partial charge on any atom is 0.338 e. The number of carbonyl (C=O) groups is 2. The van der Waals surface area contributed by atoms with Gasteiger partial charge in [0.2, 0.25) is 15.8 Å². The lowest BCUT2D eigenvalue weighted by Gasteiger charge is -2.34. The Balaban J connectivity index is 1.78. The van der Waals surface area contributed by atoms with Crippen molar-refractivity contribution in [2.45, 2.75) is 31.0 Å². The van der Waals surface area contributed by atoms with Gasteiger partial charge in [0.05, 0.1) is 28.5 Å². The summed E-state index contributed by atoms with van der Waals surface area (Å²) in [5.74, 6) is -1.22. The second kappa shape index (κ2) is 8.66. The first-order valence-electron chi connectivity index (χ1n) is 8.97. The minimum Gasteiger partial charge on any atom is -0.454 e. The average Bonchev–Trinajstić information content (AvgIpc) is 3.20. The van der Waals surface area contributed by atoms with Crippen LogP contribution in [-0.2, 0) is 19.5 Å². The van der Waals surface area contributed by atoms with Crippen molar-refractivity contribution in [1.29, 1.82) is 0 Å². The molecule has 10 heteroatoms. The minimum atomic E-state index is -3.94. The topological polar surface area (TPSA) is 106 Å². The van der Waals surface area contributed by atoms with Gasteiger partial charge in [-0.2, -0.15) is 4.31 Å². The number of esters is 1. The number of nitrogens with one attached hydrogen (secondary N) is 1. The summed E-state index contributed by atoms with van der Waals surface area (Å²) in [5.41, 5.74) is 0.300. The lowest BCUT2D eigenvalue weighted by Crippen LogP contribution is -2.48. The third kappa shape index (κ3) is 4.87. The van der Waals surface area contributed by atoms with Gasteiger partial charge < -0.3 is 14.5 Å². The van der Waals surface area contributed by atoms with Crippen molar-refractivity contribution in [2.75, 3.05) is 19.7 Å². The van der Waals surface area contributed by atoms with Crippen molar-refractivity contribution < 1.29 is 27.5 Å². The fourth-order valence-electron chi connectivity index (χ4n) is 3.09. The van der Waals surface area contributed by atoms with E-state index >= 15 is 0 Å². The first-order valence-corrected chi connectivity index (χ1v) is 10.8. The summed E-state index contributed by atoms with van der Waals surface area (Å²) in [7, 11) is -3.94. The largest absolute Gasteiger partial charge is 0.454 e. The number of halogens is 1. The number of hydrogen-bond donors (Lipinski definition) is 1. The Bertz CT molecular complexity index is 996. The summed E-state index contributed by atoms with van der Waals surface area (Å²) in [6.45, 7) is 3.47. The summed E-state index contributed by atoms with van der Waals surface area (Å²) < 4.78 is 38.0. The highest BCUT2D eigenvalue weighted by Gasteiger charge is 2.34. The second-order valence-electron chi connectivity index (χ2n) is 6.81. The van der Waals surface area contributed by atoms with Gasteiger partial charge in [-0.15, -0.1) is 0 Å². The molecule has 0 bridgehead atoms. The van der Waals surface area contributed by atoms with Crippen LogP contribution in [0.15, 0.2) is 41.4 Å². The number of benzene rings is 1. The average molecular weight is 441 g/mol. The Morgan fingerprint density at radius 1 is 1.24 bits per heavy atom. The molecule has 3 rings (SSSR count). The number of nitrogens with zero attached hydrogens (tertiary/aromatic N) is 1. The maximum absolute atomic E-state index is 13.1. The molecule has 0 amide bonds. The Hall–Kier alpha value is -2.20. The van der Waals surface area contributed by atoms with Crippen molar-refractivity contribution >= 4 is 33.4 Å². The van der Waals surface area contributed by atoms with E-state index in [1.807, 2.05) is 0 Å². The van der Waals surface area contributed by atoms with Crippen LogP contribution in [-0.4, -0.2) is 61.4 Å². The number of carbonyl (C=O) groups excluding carboxylic acids is 2. The van der Waals surface area contributed by atoms with Crippen LogP contribution >= 0.6 is 11.6 Å². The molecule has 0 saturated carbocycles. The van der Waals surface area contributed by atoms with Crippen LogP contribution in [0, 0.1) is 0 Å². The Morgan fingerprint density at radius 3 is 2.55 bits per heavy atom.